The van der Waals surface area contributed by atoms with E-state index in [1.807, 2.05) is 13.8 Å². The van der Waals surface area contributed by atoms with Gasteiger partial charge in [-0.05, 0) is 11.8 Å². The highest BCUT2D eigenvalue weighted by atomic mass is 14.2. The first-order chi connectivity index (χ1) is 6.36. The minimum atomic E-state index is 1.07. The Morgan fingerprint density at radius 2 is 1.31 bits per heavy atom. The molecule has 0 amide bonds. The van der Waals surface area contributed by atoms with E-state index >= 15 is 0 Å². The van der Waals surface area contributed by atoms with Gasteiger partial charge in [-0.1, -0.05) is 72.6 Å². The maximum absolute atomic E-state index is 2.34. The Hall–Kier alpha value is 0. The summed E-state index contributed by atoms with van der Waals surface area (Å²) in [5.74, 6) is 2.16. The lowest BCUT2D eigenvalue weighted by Gasteiger charge is -2.27. The third kappa shape index (κ3) is 5.33. The van der Waals surface area contributed by atoms with Crippen molar-refractivity contribution in [1.82, 2.24) is 0 Å². The Balaban J connectivity index is 0.000000671. The molecule has 0 nitrogen and oxygen atoms in total. The standard InChI is InChI=1S/C11H22.C2H6/c1-3-5-11-8-6-10(4-2)7-9-11;1-2/h10-11H,3-9H2,1-2H3;1-2H3. The number of hydrogen-bond acceptors (Lipinski definition) is 0. The minimum Gasteiger partial charge on any atom is -0.0683 e. The van der Waals surface area contributed by atoms with Gasteiger partial charge in [-0.3, -0.25) is 0 Å². The molecule has 0 atom stereocenters. The zero-order valence-corrected chi connectivity index (χ0v) is 10.1. The van der Waals surface area contributed by atoms with Gasteiger partial charge in [0.1, 0.15) is 0 Å². The lowest BCUT2D eigenvalue weighted by atomic mass is 9.79. The average Bonchev–Trinajstić information content (AvgIpc) is 2.23. The molecule has 0 saturated heterocycles. The summed E-state index contributed by atoms with van der Waals surface area (Å²) in [6, 6.07) is 0. The maximum atomic E-state index is 2.34. The SMILES string of the molecule is CC.CCCC1CCC(CC)CC1. The average molecular weight is 184 g/mol. The monoisotopic (exact) mass is 184 g/mol. The Morgan fingerprint density at radius 1 is 0.846 bits per heavy atom. The molecule has 80 valence electrons. The number of rotatable bonds is 3. The van der Waals surface area contributed by atoms with E-state index < -0.39 is 0 Å². The molecular formula is C13H28. The van der Waals surface area contributed by atoms with Gasteiger partial charge >= 0.3 is 0 Å². The van der Waals surface area contributed by atoms with Crippen LogP contribution in [0.1, 0.15) is 72.6 Å². The molecule has 0 aromatic heterocycles. The van der Waals surface area contributed by atoms with Crippen LogP contribution in [0.5, 0.6) is 0 Å². The van der Waals surface area contributed by atoms with Crippen molar-refractivity contribution >= 4 is 0 Å². The van der Waals surface area contributed by atoms with Crippen molar-refractivity contribution in [3.05, 3.63) is 0 Å². The fourth-order valence-corrected chi connectivity index (χ4v) is 2.34. The quantitative estimate of drug-likeness (QED) is 0.577. The molecule has 0 N–H and O–H groups in total. The van der Waals surface area contributed by atoms with Gasteiger partial charge in [0, 0.05) is 0 Å². The summed E-state index contributed by atoms with van der Waals surface area (Å²) in [6.07, 6.45) is 10.4. The fourth-order valence-electron chi connectivity index (χ4n) is 2.34. The van der Waals surface area contributed by atoms with E-state index in [9.17, 15) is 0 Å². The summed E-state index contributed by atoms with van der Waals surface area (Å²) >= 11 is 0. The highest BCUT2D eigenvalue weighted by Gasteiger charge is 2.18. The maximum Gasteiger partial charge on any atom is -0.0414 e. The summed E-state index contributed by atoms with van der Waals surface area (Å²) in [6.45, 7) is 8.65. The minimum absolute atomic E-state index is 1.07. The van der Waals surface area contributed by atoms with E-state index in [0.717, 1.165) is 11.8 Å². The first kappa shape index (κ1) is 13.0. The van der Waals surface area contributed by atoms with Crippen molar-refractivity contribution in [1.29, 1.82) is 0 Å². The summed E-state index contributed by atoms with van der Waals surface area (Å²) in [7, 11) is 0. The van der Waals surface area contributed by atoms with Crippen molar-refractivity contribution < 1.29 is 0 Å². The largest absolute Gasteiger partial charge is 0.0683 e. The lowest BCUT2D eigenvalue weighted by molar-refractivity contribution is 0.257. The third-order valence-electron chi connectivity index (χ3n) is 3.24. The Kier molecular flexibility index (Phi) is 8.59. The molecule has 0 unspecified atom stereocenters. The summed E-state index contributed by atoms with van der Waals surface area (Å²) in [4.78, 5) is 0. The van der Waals surface area contributed by atoms with E-state index in [1.165, 1.54) is 44.9 Å². The van der Waals surface area contributed by atoms with Gasteiger partial charge in [-0.2, -0.15) is 0 Å². The van der Waals surface area contributed by atoms with E-state index in [4.69, 9.17) is 0 Å². The van der Waals surface area contributed by atoms with Crippen LogP contribution in [0.4, 0.5) is 0 Å². The molecule has 1 saturated carbocycles. The van der Waals surface area contributed by atoms with Crippen LogP contribution < -0.4 is 0 Å². The molecule has 1 rings (SSSR count). The van der Waals surface area contributed by atoms with Crippen LogP contribution in [-0.4, -0.2) is 0 Å². The normalized spacial score (nSPS) is 27.7. The van der Waals surface area contributed by atoms with E-state index in [1.54, 1.807) is 0 Å². The fraction of sp³-hybridized carbons (Fsp3) is 1.00. The zero-order chi connectivity index (χ0) is 10.1. The van der Waals surface area contributed by atoms with Crippen molar-refractivity contribution in [3.63, 3.8) is 0 Å². The molecule has 0 aromatic rings. The first-order valence-corrected chi connectivity index (χ1v) is 6.36. The topological polar surface area (TPSA) is 0 Å². The summed E-state index contributed by atoms with van der Waals surface area (Å²) in [5, 5.41) is 0. The molecule has 0 aromatic carbocycles. The molecule has 0 aliphatic heterocycles. The predicted octanol–water partition coefficient (Wildman–Crippen LogP) is 5.03. The third-order valence-corrected chi connectivity index (χ3v) is 3.24. The van der Waals surface area contributed by atoms with Gasteiger partial charge in [0.25, 0.3) is 0 Å². The van der Waals surface area contributed by atoms with Gasteiger partial charge in [-0.15, -0.1) is 0 Å². The van der Waals surface area contributed by atoms with Crippen molar-refractivity contribution in [2.75, 3.05) is 0 Å². The van der Waals surface area contributed by atoms with Gasteiger partial charge in [0.15, 0.2) is 0 Å². The van der Waals surface area contributed by atoms with Crippen molar-refractivity contribution in [2.45, 2.75) is 72.6 Å². The second-order valence-electron chi connectivity index (χ2n) is 4.08. The molecule has 0 heteroatoms. The van der Waals surface area contributed by atoms with Crippen LogP contribution in [0.3, 0.4) is 0 Å². The molecule has 1 aliphatic carbocycles. The highest BCUT2D eigenvalue weighted by Crippen LogP contribution is 2.32. The smallest absolute Gasteiger partial charge is 0.0414 e. The van der Waals surface area contributed by atoms with Crippen LogP contribution in [0, 0.1) is 11.8 Å². The molecule has 0 radical (unpaired) electrons. The molecule has 1 aliphatic rings. The summed E-state index contributed by atoms with van der Waals surface area (Å²) in [5.41, 5.74) is 0. The van der Waals surface area contributed by atoms with Crippen LogP contribution in [0.25, 0.3) is 0 Å². The molecule has 0 bridgehead atoms. The van der Waals surface area contributed by atoms with E-state index in [2.05, 4.69) is 13.8 Å². The van der Waals surface area contributed by atoms with Crippen LogP contribution >= 0.6 is 0 Å². The van der Waals surface area contributed by atoms with Crippen LogP contribution in [0.2, 0.25) is 0 Å². The Morgan fingerprint density at radius 3 is 1.69 bits per heavy atom. The molecule has 0 spiro atoms. The second kappa shape index (κ2) is 8.59. The first-order valence-electron chi connectivity index (χ1n) is 6.36. The van der Waals surface area contributed by atoms with Crippen LogP contribution in [0.15, 0.2) is 0 Å². The Labute approximate surface area is 85.1 Å². The highest BCUT2D eigenvalue weighted by molar-refractivity contribution is 4.71. The predicted molar refractivity (Wildman–Crippen MR) is 62.0 cm³/mol. The second-order valence-corrected chi connectivity index (χ2v) is 4.08. The van der Waals surface area contributed by atoms with E-state index in [0.29, 0.717) is 0 Å². The number of hydrogen-bond donors (Lipinski definition) is 0. The zero-order valence-electron chi connectivity index (χ0n) is 10.1. The lowest BCUT2D eigenvalue weighted by Crippen LogP contribution is -2.13. The van der Waals surface area contributed by atoms with Gasteiger partial charge < -0.3 is 0 Å². The molecular weight excluding hydrogens is 156 g/mol. The van der Waals surface area contributed by atoms with Crippen molar-refractivity contribution in [2.24, 2.45) is 11.8 Å². The summed E-state index contributed by atoms with van der Waals surface area (Å²) < 4.78 is 0. The van der Waals surface area contributed by atoms with Gasteiger partial charge in [-0.25, -0.2) is 0 Å². The van der Waals surface area contributed by atoms with Crippen LogP contribution in [-0.2, 0) is 0 Å². The molecule has 1 fully saturated rings. The van der Waals surface area contributed by atoms with Gasteiger partial charge in [0.2, 0.25) is 0 Å². The Bertz CT molecular complexity index is 88.2. The molecule has 13 heavy (non-hydrogen) atoms. The van der Waals surface area contributed by atoms with Crippen molar-refractivity contribution in [3.8, 4) is 0 Å². The van der Waals surface area contributed by atoms with E-state index in [-0.39, 0.29) is 0 Å². The van der Waals surface area contributed by atoms with Gasteiger partial charge in [0.05, 0.1) is 0 Å². The molecule has 0 heterocycles.